The van der Waals surface area contributed by atoms with E-state index < -0.39 is 21.9 Å². The van der Waals surface area contributed by atoms with Crippen LogP contribution in [-0.2, 0) is 14.8 Å². The lowest BCUT2D eigenvalue weighted by molar-refractivity contribution is 0.116. The molecule has 0 aromatic heterocycles. The van der Waals surface area contributed by atoms with Crippen molar-refractivity contribution in [2.24, 2.45) is 5.92 Å². The van der Waals surface area contributed by atoms with Gasteiger partial charge in [0.15, 0.2) is 0 Å². The zero-order valence-corrected chi connectivity index (χ0v) is 12.7. The molecule has 0 fully saturated rings. The highest BCUT2D eigenvalue weighted by molar-refractivity contribution is 7.89. The first-order valence-corrected chi connectivity index (χ1v) is 7.91. The van der Waals surface area contributed by atoms with Crippen LogP contribution in [0, 0.1) is 11.7 Å². The van der Waals surface area contributed by atoms with Crippen LogP contribution < -0.4 is 10.5 Å². The number of sulfonamides is 1. The van der Waals surface area contributed by atoms with E-state index in [0.29, 0.717) is 6.61 Å². The lowest BCUT2D eigenvalue weighted by atomic mass is 10.1. The molecule has 3 N–H and O–H groups in total. The van der Waals surface area contributed by atoms with Crippen molar-refractivity contribution in [3.63, 3.8) is 0 Å². The van der Waals surface area contributed by atoms with Crippen molar-refractivity contribution in [2.75, 3.05) is 18.9 Å². The second-order valence-corrected chi connectivity index (χ2v) is 6.50. The van der Waals surface area contributed by atoms with Crippen LogP contribution in [0.4, 0.5) is 10.1 Å². The van der Waals surface area contributed by atoms with E-state index in [4.69, 9.17) is 10.5 Å². The Kier molecular flexibility index (Phi) is 5.91. The summed E-state index contributed by atoms with van der Waals surface area (Å²) in [5.41, 5.74) is 5.62. The third-order valence-electron chi connectivity index (χ3n) is 2.88. The third kappa shape index (κ3) is 4.43. The van der Waals surface area contributed by atoms with E-state index in [1.54, 1.807) is 0 Å². The molecule has 0 aliphatic heterocycles. The largest absolute Gasteiger partial charge is 0.398 e. The van der Waals surface area contributed by atoms with Crippen molar-refractivity contribution in [1.29, 1.82) is 0 Å². The molecule has 0 amide bonds. The minimum atomic E-state index is -3.88. The number of halogens is 1. The quantitative estimate of drug-likeness (QED) is 0.752. The Hall–Kier alpha value is -1.18. The monoisotopic (exact) mass is 304 g/mol. The Morgan fingerprint density at radius 1 is 1.40 bits per heavy atom. The zero-order chi connectivity index (χ0) is 15.3. The summed E-state index contributed by atoms with van der Waals surface area (Å²) in [6.45, 7) is 6.33. The van der Waals surface area contributed by atoms with Gasteiger partial charge in [-0.05, 0) is 31.0 Å². The maximum atomic E-state index is 13.2. The fourth-order valence-corrected chi connectivity index (χ4v) is 3.12. The molecule has 0 aliphatic rings. The van der Waals surface area contributed by atoms with Gasteiger partial charge in [0.25, 0.3) is 0 Å². The summed E-state index contributed by atoms with van der Waals surface area (Å²) in [5.74, 6) is -0.614. The van der Waals surface area contributed by atoms with Gasteiger partial charge in [0.2, 0.25) is 10.0 Å². The molecule has 1 unspecified atom stereocenters. The molecule has 1 aromatic carbocycles. The molecule has 20 heavy (non-hydrogen) atoms. The second kappa shape index (κ2) is 7.01. The number of nitrogen functional groups attached to an aromatic ring is 1. The topological polar surface area (TPSA) is 81.4 Å². The lowest BCUT2D eigenvalue weighted by Gasteiger charge is -2.22. The number of hydrogen-bond acceptors (Lipinski definition) is 4. The van der Waals surface area contributed by atoms with Gasteiger partial charge in [-0.1, -0.05) is 13.8 Å². The maximum absolute atomic E-state index is 13.2. The minimum Gasteiger partial charge on any atom is -0.398 e. The summed E-state index contributed by atoms with van der Waals surface area (Å²) in [4.78, 5) is -0.250. The van der Waals surface area contributed by atoms with E-state index in [1.165, 1.54) is 6.07 Å². The van der Waals surface area contributed by atoms with E-state index in [0.717, 1.165) is 12.1 Å². The summed E-state index contributed by atoms with van der Waals surface area (Å²) in [5, 5.41) is 0. The third-order valence-corrected chi connectivity index (χ3v) is 4.42. The normalized spacial score (nSPS) is 13.7. The van der Waals surface area contributed by atoms with Gasteiger partial charge in [-0.15, -0.1) is 0 Å². The number of anilines is 1. The first kappa shape index (κ1) is 16.9. The first-order valence-electron chi connectivity index (χ1n) is 6.43. The highest BCUT2D eigenvalue weighted by atomic mass is 32.2. The van der Waals surface area contributed by atoms with Gasteiger partial charge >= 0.3 is 0 Å². The predicted octanol–water partition coefficient (Wildman–Crippen LogP) is 1.75. The predicted molar refractivity (Wildman–Crippen MR) is 76.3 cm³/mol. The molecular weight excluding hydrogens is 283 g/mol. The molecule has 0 saturated carbocycles. The standard InChI is InChI=1S/C13H21FN2O3S/c1-4-19-8-12(9(2)3)16-20(17,18)13-7-10(14)5-6-11(13)15/h5-7,9,12,16H,4,8,15H2,1-3H3. The highest BCUT2D eigenvalue weighted by Crippen LogP contribution is 2.20. The SMILES string of the molecule is CCOCC(NS(=O)(=O)c1cc(F)ccc1N)C(C)C. The molecule has 0 heterocycles. The van der Waals surface area contributed by atoms with Crippen molar-refractivity contribution in [3.05, 3.63) is 24.0 Å². The van der Waals surface area contributed by atoms with Gasteiger partial charge in [-0.25, -0.2) is 17.5 Å². The van der Waals surface area contributed by atoms with E-state index in [9.17, 15) is 12.8 Å². The van der Waals surface area contributed by atoms with Gasteiger partial charge < -0.3 is 10.5 Å². The smallest absolute Gasteiger partial charge is 0.243 e. The Balaban J connectivity index is 3.00. The molecule has 1 aromatic rings. The molecule has 114 valence electrons. The second-order valence-electron chi connectivity index (χ2n) is 4.81. The van der Waals surface area contributed by atoms with Crippen molar-refractivity contribution in [2.45, 2.75) is 31.7 Å². The van der Waals surface area contributed by atoms with Crippen LogP contribution >= 0.6 is 0 Å². The number of benzene rings is 1. The molecule has 1 rings (SSSR count). The van der Waals surface area contributed by atoms with Crippen LogP contribution in [-0.4, -0.2) is 27.7 Å². The van der Waals surface area contributed by atoms with Crippen molar-refractivity contribution in [3.8, 4) is 0 Å². The number of rotatable bonds is 7. The number of nitrogens with two attached hydrogens (primary N) is 1. The average Bonchev–Trinajstić information content (AvgIpc) is 2.36. The van der Waals surface area contributed by atoms with Crippen LogP contribution in [0.1, 0.15) is 20.8 Å². The van der Waals surface area contributed by atoms with Crippen LogP contribution in [0.15, 0.2) is 23.1 Å². The molecule has 0 spiro atoms. The first-order chi connectivity index (χ1) is 9.27. The zero-order valence-electron chi connectivity index (χ0n) is 11.9. The van der Waals surface area contributed by atoms with Crippen LogP contribution in [0.5, 0.6) is 0 Å². The summed E-state index contributed by atoms with van der Waals surface area (Å²) >= 11 is 0. The van der Waals surface area contributed by atoms with Crippen LogP contribution in [0.25, 0.3) is 0 Å². The fraction of sp³-hybridized carbons (Fsp3) is 0.538. The molecule has 1 atom stereocenters. The van der Waals surface area contributed by atoms with Gasteiger partial charge in [-0.3, -0.25) is 0 Å². The maximum Gasteiger partial charge on any atom is 0.243 e. The van der Waals surface area contributed by atoms with Crippen molar-refractivity contribution < 1.29 is 17.5 Å². The Bertz CT molecular complexity index is 547. The summed E-state index contributed by atoms with van der Waals surface area (Å²) < 4.78 is 45.5. The van der Waals surface area contributed by atoms with Crippen molar-refractivity contribution >= 4 is 15.7 Å². The number of hydrogen-bond donors (Lipinski definition) is 2. The summed E-state index contributed by atoms with van der Waals surface area (Å²) in [6, 6.07) is 2.86. The molecule has 0 radical (unpaired) electrons. The van der Waals surface area contributed by atoms with Gasteiger partial charge in [0.1, 0.15) is 10.7 Å². The molecule has 5 nitrogen and oxygen atoms in total. The van der Waals surface area contributed by atoms with Crippen LogP contribution in [0.2, 0.25) is 0 Å². The fourth-order valence-electron chi connectivity index (χ4n) is 1.61. The summed E-state index contributed by atoms with van der Waals surface area (Å²) in [7, 11) is -3.88. The van der Waals surface area contributed by atoms with E-state index in [1.807, 2.05) is 20.8 Å². The van der Waals surface area contributed by atoms with Gasteiger partial charge in [-0.2, -0.15) is 0 Å². The lowest BCUT2D eigenvalue weighted by Crippen LogP contribution is -2.42. The van der Waals surface area contributed by atoms with Gasteiger partial charge in [0.05, 0.1) is 12.3 Å². The van der Waals surface area contributed by atoms with Crippen LogP contribution in [0.3, 0.4) is 0 Å². The van der Waals surface area contributed by atoms with E-state index >= 15 is 0 Å². The molecule has 0 bridgehead atoms. The summed E-state index contributed by atoms with van der Waals surface area (Å²) in [6.07, 6.45) is 0. The number of ether oxygens (including phenoxy) is 1. The van der Waals surface area contributed by atoms with E-state index in [2.05, 4.69) is 4.72 Å². The molecular formula is C13H21FN2O3S. The molecule has 0 saturated heterocycles. The molecule has 0 aliphatic carbocycles. The average molecular weight is 304 g/mol. The molecule has 7 heteroatoms. The van der Waals surface area contributed by atoms with Crippen molar-refractivity contribution in [1.82, 2.24) is 4.72 Å². The minimum absolute atomic E-state index is 0.0119. The Morgan fingerprint density at radius 3 is 2.60 bits per heavy atom. The van der Waals surface area contributed by atoms with Gasteiger partial charge in [0, 0.05) is 12.6 Å². The van der Waals surface area contributed by atoms with E-state index in [-0.39, 0.29) is 23.1 Å². The Labute approximate surface area is 119 Å². The Morgan fingerprint density at radius 2 is 2.05 bits per heavy atom. The highest BCUT2D eigenvalue weighted by Gasteiger charge is 2.24. The number of nitrogens with one attached hydrogen (secondary N) is 1.